The molecule has 0 saturated heterocycles. The van der Waals surface area contributed by atoms with Crippen molar-refractivity contribution < 1.29 is 19.4 Å². The van der Waals surface area contributed by atoms with Gasteiger partial charge in [0, 0.05) is 24.8 Å². The van der Waals surface area contributed by atoms with Crippen LogP contribution in [0.15, 0.2) is 42.5 Å². The number of amides is 1. The fourth-order valence-corrected chi connectivity index (χ4v) is 2.45. The van der Waals surface area contributed by atoms with Crippen LogP contribution >= 0.6 is 0 Å². The first-order chi connectivity index (χ1) is 11.7. The fraction of sp³-hybridized carbons (Fsp3) is 0.368. The highest BCUT2D eigenvalue weighted by molar-refractivity contribution is 5.88. The van der Waals surface area contributed by atoms with Crippen LogP contribution in [0.5, 0.6) is 5.75 Å². The Labute approximate surface area is 141 Å². The number of carbonyl (C=O) groups excluding carboxylic acids is 1. The van der Waals surface area contributed by atoms with E-state index >= 15 is 0 Å². The van der Waals surface area contributed by atoms with Gasteiger partial charge in [0.25, 0.3) is 0 Å². The lowest BCUT2D eigenvalue weighted by atomic mass is 10.1. The van der Waals surface area contributed by atoms with E-state index in [-0.39, 0.29) is 12.3 Å². The Morgan fingerprint density at radius 2 is 1.75 bits per heavy atom. The molecule has 5 heteroatoms. The molecule has 0 aromatic heterocycles. The summed E-state index contributed by atoms with van der Waals surface area (Å²) in [4.78, 5) is 22.0. The van der Waals surface area contributed by atoms with Crippen LogP contribution in [0.4, 0.5) is 0 Å². The molecule has 0 bridgehead atoms. The summed E-state index contributed by atoms with van der Waals surface area (Å²) in [5.74, 6) is 0.0148. The monoisotopic (exact) mass is 329 g/mol. The zero-order chi connectivity index (χ0) is 17.2. The Bertz CT molecular complexity index is 679. The zero-order valence-corrected chi connectivity index (χ0v) is 13.7. The number of hydrogen-bond donors (Lipinski definition) is 2. The van der Waals surface area contributed by atoms with Gasteiger partial charge < -0.3 is 15.2 Å². The van der Waals surface area contributed by atoms with Gasteiger partial charge in [-0.25, -0.2) is 0 Å². The van der Waals surface area contributed by atoms with Crippen LogP contribution in [-0.4, -0.2) is 30.1 Å². The van der Waals surface area contributed by atoms with Gasteiger partial charge in [0.2, 0.25) is 5.91 Å². The zero-order valence-electron chi connectivity index (χ0n) is 13.7. The molecule has 0 heterocycles. The van der Waals surface area contributed by atoms with Crippen LogP contribution < -0.4 is 10.1 Å². The summed E-state index contributed by atoms with van der Waals surface area (Å²) in [6.07, 6.45) is 2.47. The van der Waals surface area contributed by atoms with E-state index in [1.165, 1.54) is 0 Å². The van der Waals surface area contributed by atoms with E-state index in [1.54, 1.807) is 0 Å². The molecule has 0 atom stereocenters. The summed E-state index contributed by atoms with van der Waals surface area (Å²) in [6, 6.07) is 14.0. The van der Waals surface area contributed by atoms with Gasteiger partial charge >= 0.3 is 5.97 Å². The third-order valence-electron chi connectivity index (χ3n) is 3.69. The number of fused-ring (bicyclic) bond motifs is 1. The largest absolute Gasteiger partial charge is 0.493 e. The number of rotatable bonds is 10. The first-order valence-electron chi connectivity index (χ1n) is 8.26. The smallest absolute Gasteiger partial charge is 0.303 e. The molecule has 2 aromatic carbocycles. The normalized spacial score (nSPS) is 10.5. The molecule has 1 amide bonds. The molecule has 0 aliphatic heterocycles. The second-order valence-corrected chi connectivity index (χ2v) is 5.63. The van der Waals surface area contributed by atoms with Crippen molar-refractivity contribution in [2.75, 3.05) is 13.2 Å². The van der Waals surface area contributed by atoms with E-state index in [2.05, 4.69) is 5.32 Å². The van der Waals surface area contributed by atoms with Gasteiger partial charge in [-0.15, -0.1) is 0 Å². The predicted molar refractivity (Wildman–Crippen MR) is 93.2 cm³/mol. The summed E-state index contributed by atoms with van der Waals surface area (Å²) in [5.41, 5.74) is 0. The number of hydrogen-bond acceptors (Lipinski definition) is 3. The molecule has 24 heavy (non-hydrogen) atoms. The Morgan fingerprint density at radius 3 is 2.58 bits per heavy atom. The van der Waals surface area contributed by atoms with Crippen molar-refractivity contribution in [3.05, 3.63) is 42.5 Å². The second-order valence-electron chi connectivity index (χ2n) is 5.63. The highest BCUT2D eigenvalue weighted by atomic mass is 16.5. The number of unbranched alkanes of at least 4 members (excludes halogenated alkanes) is 1. The van der Waals surface area contributed by atoms with Crippen molar-refractivity contribution in [2.24, 2.45) is 0 Å². The molecule has 0 aliphatic rings. The molecular weight excluding hydrogens is 306 g/mol. The number of carboxylic acids is 1. The molecule has 0 saturated carbocycles. The topological polar surface area (TPSA) is 75.6 Å². The van der Waals surface area contributed by atoms with Crippen molar-refractivity contribution >= 4 is 22.6 Å². The van der Waals surface area contributed by atoms with Gasteiger partial charge in [-0.1, -0.05) is 36.4 Å². The molecule has 2 N–H and O–H groups in total. The summed E-state index contributed by atoms with van der Waals surface area (Å²) in [6.45, 7) is 1.01. The molecule has 0 aliphatic carbocycles. The number of ether oxygens (including phenoxy) is 1. The van der Waals surface area contributed by atoms with E-state index in [4.69, 9.17) is 9.84 Å². The number of carboxylic acid groups (broad SMARTS) is 1. The molecule has 0 spiro atoms. The van der Waals surface area contributed by atoms with Gasteiger partial charge in [0.15, 0.2) is 0 Å². The predicted octanol–water partition coefficient (Wildman–Crippen LogP) is 3.37. The average Bonchev–Trinajstić information content (AvgIpc) is 2.58. The van der Waals surface area contributed by atoms with E-state index in [9.17, 15) is 9.59 Å². The number of benzene rings is 2. The molecule has 0 fully saturated rings. The van der Waals surface area contributed by atoms with Crippen molar-refractivity contribution in [3.63, 3.8) is 0 Å². The molecule has 2 rings (SSSR count). The Balaban J connectivity index is 1.64. The third kappa shape index (κ3) is 5.91. The maximum Gasteiger partial charge on any atom is 0.303 e. The SMILES string of the molecule is O=C(O)CCCCNC(=O)CCCOc1cccc2ccccc12. The number of aliphatic carboxylic acids is 1. The second kappa shape index (κ2) is 9.55. The molecule has 0 unspecified atom stereocenters. The molecule has 5 nitrogen and oxygen atoms in total. The summed E-state index contributed by atoms with van der Waals surface area (Å²) in [5, 5.41) is 13.5. The summed E-state index contributed by atoms with van der Waals surface area (Å²) < 4.78 is 5.79. The Hall–Kier alpha value is -2.56. The first-order valence-corrected chi connectivity index (χ1v) is 8.26. The molecule has 0 radical (unpaired) electrons. The van der Waals surface area contributed by atoms with Crippen LogP contribution in [-0.2, 0) is 9.59 Å². The standard InChI is InChI=1S/C19H23NO4/c21-18(20-13-4-3-12-19(22)23)11-6-14-24-17-10-5-8-15-7-1-2-9-16(15)17/h1-2,5,7-10H,3-4,6,11-14H2,(H,20,21)(H,22,23). The van der Waals surface area contributed by atoms with Crippen molar-refractivity contribution in [1.29, 1.82) is 0 Å². The minimum atomic E-state index is -0.799. The highest BCUT2D eigenvalue weighted by Crippen LogP contribution is 2.25. The van der Waals surface area contributed by atoms with Gasteiger partial charge in [-0.3, -0.25) is 9.59 Å². The quantitative estimate of drug-likeness (QED) is 0.655. The minimum absolute atomic E-state index is 0.0214. The van der Waals surface area contributed by atoms with Gasteiger partial charge in [0.05, 0.1) is 6.61 Å². The van der Waals surface area contributed by atoms with Gasteiger partial charge in [-0.05, 0) is 30.7 Å². The van der Waals surface area contributed by atoms with Gasteiger partial charge in [0.1, 0.15) is 5.75 Å². The average molecular weight is 329 g/mol. The van der Waals surface area contributed by atoms with Crippen LogP contribution in [0, 0.1) is 0 Å². The summed E-state index contributed by atoms with van der Waals surface area (Å²) >= 11 is 0. The highest BCUT2D eigenvalue weighted by Gasteiger charge is 2.04. The number of nitrogens with one attached hydrogen (secondary N) is 1. The van der Waals surface area contributed by atoms with Crippen molar-refractivity contribution in [1.82, 2.24) is 5.32 Å². The molecule has 2 aromatic rings. The molecule has 128 valence electrons. The van der Waals surface area contributed by atoms with Crippen LogP contribution in [0.25, 0.3) is 10.8 Å². The Kier molecular flexibility index (Phi) is 7.08. The lowest BCUT2D eigenvalue weighted by Gasteiger charge is -2.09. The number of carbonyl (C=O) groups is 2. The minimum Gasteiger partial charge on any atom is -0.493 e. The van der Waals surface area contributed by atoms with Crippen molar-refractivity contribution in [2.45, 2.75) is 32.1 Å². The van der Waals surface area contributed by atoms with Crippen LogP contribution in [0.2, 0.25) is 0 Å². The maximum absolute atomic E-state index is 11.7. The van der Waals surface area contributed by atoms with Crippen LogP contribution in [0.1, 0.15) is 32.1 Å². The van der Waals surface area contributed by atoms with Gasteiger partial charge in [-0.2, -0.15) is 0 Å². The maximum atomic E-state index is 11.7. The fourth-order valence-electron chi connectivity index (χ4n) is 2.45. The third-order valence-corrected chi connectivity index (χ3v) is 3.69. The van der Waals surface area contributed by atoms with E-state index in [0.29, 0.717) is 38.8 Å². The first kappa shape index (κ1) is 17.8. The molecular formula is C19H23NO4. The lowest BCUT2D eigenvalue weighted by Crippen LogP contribution is -2.24. The van der Waals surface area contributed by atoms with E-state index in [1.807, 2.05) is 42.5 Å². The Morgan fingerprint density at radius 1 is 0.958 bits per heavy atom. The van der Waals surface area contributed by atoms with Crippen molar-refractivity contribution in [3.8, 4) is 5.75 Å². The van der Waals surface area contributed by atoms with E-state index in [0.717, 1.165) is 16.5 Å². The lowest BCUT2D eigenvalue weighted by molar-refractivity contribution is -0.137. The van der Waals surface area contributed by atoms with Crippen LogP contribution in [0.3, 0.4) is 0 Å². The van der Waals surface area contributed by atoms with E-state index < -0.39 is 5.97 Å². The summed E-state index contributed by atoms with van der Waals surface area (Å²) in [7, 11) is 0.